The molecule has 5 heteroatoms. The maximum absolute atomic E-state index is 11.7. The van der Waals surface area contributed by atoms with Crippen molar-refractivity contribution in [1.82, 2.24) is 9.88 Å². The van der Waals surface area contributed by atoms with E-state index in [-0.39, 0.29) is 5.97 Å². The van der Waals surface area contributed by atoms with Crippen LogP contribution in [0.15, 0.2) is 18.3 Å². The van der Waals surface area contributed by atoms with Gasteiger partial charge >= 0.3 is 5.97 Å². The van der Waals surface area contributed by atoms with Gasteiger partial charge in [-0.2, -0.15) is 0 Å². The summed E-state index contributed by atoms with van der Waals surface area (Å²) in [7, 11) is 1.39. The summed E-state index contributed by atoms with van der Waals surface area (Å²) < 4.78 is 4.79. The summed E-state index contributed by atoms with van der Waals surface area (Å²) in [4.78, 5) is 18.5. The second-order valence-corrected chi connectivity index (χ2v) is 5.15. The Labute approximate surface area is 120 Å². The van der Waals surface area contributed by atoms with Gasteiger partial charge in [0.25, 0.3) is 0 Å². The van der Waals surface area contributed by atoms with Crippen molar-refractivity contribution in [1.29, 1.82) is 0 Å². The number of carbonyl (C=O) groups excluding carboxylic acids is 1. The second-order valence-electron chi connectivity index (χ2n) is 5.15. The number of rotatable bonds is 5. The highest BCUT2D eigenvalue weighted by Gasteiger charge is 2.21. The zero-order chi connectivity index (χ0) is 14.4. The number of anilines is 1. The number of hydrogen-bond donors (Lipinski definition) is 1. The smallest absolute Gasteiger partial charge is 0.341 e. The predicted octanol–water partition coefficient (Wildman–Crippen LogP) is 2.15. The van der Waals surface area contributed by atoms with Gasteiger partial charge < -0.3 is 15.0 Å². The molecule has 0 radical (unpaired) electrons. The van der Waals surface area contributed by atoms with Crippen LogP contribution in [0.2, 0.25) is 0 Å². The van der Waals surface area contributed by atoms with E-state index in [1.165, 1.54) is 20.1 Å². The van der Waals surface area contributed by atoms with Crippen LogP contribution >= 0.6 is 0 Å². The van der Waals surface area contributed by atoms with Crippen molar-refractivity contribution < 1.29 is 9.53 Å². The summed E-state index contributed by atoms with van der Waals surface area (Å²) in [6, 6.07) is 3.87. The first-order valence-corrected chi connectivity index (χ1v) is 7.26. The number of nitrogens with one attached hydrogen (secondary N) is 1. The lowest BCUT2D eigenvalue weighted by molar-refractivity contribution is 0.0601. The van der Waals surface area contributed by atoms with Gasteiger partial charge in [0.2, 0.25) is 0 Å². The normalized spacial score (nSPS) is 16.9. The van der Waals surface area contributed by atoms with Crippen molar-refractivity contribution in [3.63, 3.8) is 0 Å². The van der Waals surface area contributed by atoms with Crippen molar-refractivity contribution in [2.75, 3.05) is 32.1 Å². The van der Waals surface area contributed by atoms with Crippen LogP contribution in [-0.4, -0.2) is 48.6 Å². The van der Waals surface area contributed by atoms with E-state index in [9.17, 15) is 4.79 Å². The van der Waals surface area contributed by atoms with Crippen molar-refractivity contribution in [3.8, 4) is 0 Å². The lowest BCUT2D eigenvalue weighted by Gasteiger charge is -2.32. The molecule has 0 aliphatic carbocycles. The van der Waals surface area contributed by atoms with Crippen LogP contribution in [-0.2, 0) is 4.74 Å². The number of carbonyl (C=O) groups is 1. The van der Waals surface area contributed by atoms with E-state index in [1.807, 2.05) is 0 Å². The zero-order valence-electron chi connectivity index (χ0n) is 12.3. The molecule has 1 aliphatic heterocycles. The van der Waals surface area contributed by atoms with Gasteiger partial charge in [-0.05, 0) is 37.9 Å². The van der Waals surface area contributed by atoms with Crippen molar-refractivity contribution in [3.05, 3.63) is 23.9 Å². The molecule has 110 valence electrons. The molecule has 1 aromatic rings. The lowest BCUT2D eigenvalue weighted by Crippen LogP contribution is -2.39. The second kappa shape index (κ2) is 7.24. The van der Waals surface area contributed by atoms with Gasteiger partial charge in [0.15, 0.2) is 0 Å². The summed E-state index contributed by atoms with van der Waals surface area (Å²) in [6.45, 7) is 5.59. The van der Waals surface area contributed by atoms with Gasteiger partial charge in [0.05, 0.1) is 7.11 Å². The van der Waals surface area contributed by atoms with E-state index >= 15 is 0 Å². The minimum absolute atomic E-state index is 0.344. The molecule has 20 heavy (non-hydrogen) atoms. The Bertz CT molecular complexity index is 442. The molecule has 0 spiro atoms. The molecule has 0 amide bonds. The molecule has 1 aromatic heterocycles. The highest BCUT2D eigenvalue weighted by atomic mass is 16.5. The zero-order valence-corrected chi connectivity index (χ0v) is 12.3. The molecule has 0 saturated carbocycles. The third-order valence-electron chi connectivity index (χ3n) is 3.68. The first-order valence-electron chi connectivity index (χ1n) is 7.26. The fourth-order valence-electron chi connectivity index (χ4n) is 2.61. The first kappa shape index (κ1) is 14.8. The number of likely N-dealkylation sites (tertiary alicyclic amines) is 1. The largest absolute Gasteiger partial charge is 0.465 e. The molecule has 2 heterocycles. The molecule has 1 aliphatic rings. The average molecular weight is 277 g/mol. The molecule has 1 N–H and O–H groups in total. The monoisotopic (exact) mass is 277 g/mol. The molecule has 1 saturated heterocycles. The number of nitrogens with zero attached hydrogens (tertiary/aromatic N) is 2. The molecular weight excluding hydrogens is 254 g/mol. The number of piperidine rings is 1. The Morgan fingerprint density at radius 1 is 1.50 bits per heavy atom. The Morgan fingerprint density at radius 2 is 2.25 bits per heavy atom. The summed E-state index contributed by atoms with van der Waals surface area (Å²) in [5.41, 5.74) is 0.506. The Balaban J connectivity index is 1.96. The quantitative estimate of drug-likeness (QED) is 0.836. The van der Waals surface area contributed by atoms with Crippen LogP contribution in [0.4, 0.5) is 5.82 Å². The van der Waals surface area contributed by atoms with E-state index in [4.69, 9.17) is 4.74 Å². The number of pyridine rings is 1. The number of aromatic nitrogens is 1. The van der Waals surface area contributed by atoms with Crippen LogP contribution in [0.25, 0.3) is 0 Å². The lowest BCUT2D eigenvalue weighted by atomic mass is 10.0. The number of methoxy groups -OCH3 is 1. The van der Waals surface area contributed by atoms with E-state index in [2.05, 4.69) is 22.1 Å². The summed E-state index contributed by atoms with van der Waals surface area (Å²) in [5.74, 6) is 0.289. The highest BCUT2D eigenvalue weighted by molar-refractivity contribution is 5.94. The third-order valence-corrected chi connectivity index (χ3v) is 3.68. The van der Waals surface area contributed by atoms with E-state index in [0.29, 0.717) is 17.4 Å². The van der Waals surface area contributed by atoms with Gasteiger partial charge in [0, 0.05) is 25.3 Å². The van der Waals surface area contributed by atoms with Crippen LogP contribution in [0.3, 0.4) is 0 Å². The first-order chi connectivity index (χ1) is 9.74. The minimum Gasteiger partial charge on any atom is -0.465 e. The van der Waals surface area contributed by atoms with Crippen molar-refractivity contribution in [2.24, 2.45) is 0 Å². The van der Waals surface area contributed by atoms with Gasteiger partial charge in [-0.15, -0.1) is 0 Å². The molecule has 5 nitrogen and oxygen atoms in total. The summed E-state index contributed by atoms with van der Waals surface area (Å²) in [6.07, 6.45) is 5.06. The average Bonchev–Trinajstić information content (AvgIpc) is 2.49. The third kappa shape index (κ3) is 3.70. The van der Waals surface area contributed by atoms with Gasteiger partial charge in [-0.3, -0.25) is 0 Å². The van der Waals surface area contributed by atoms with Crippen LogP contribution < -0.4 is 5.32 Å². The fraction of sp³-hybridized carbons (Fsp3) is 0.600. The standard InChI is InChI=1S/C15H23N3O2/c1-3-9-18-10-6-12(7-11-18)17-14-13(15(19)20-2)5-4-8-16-14/h4-5,8,12H,3,6-7,9-11H2,1-2H3,(H,16,17). The number of hydrogen-bond acceptors (Lipinski definition) is 5. The topological polar surface area (TPSA) is 54.5 Å². The van der Waals surface area contributed by atoms with E-state index in [1.54, 1.807) is 18.3 Å². The number of ether oxygens (including phenoxy) is 1. The fourth-order valence-corrected chi connectivity index (χ4v) is 2.61. The molecule has 0 aromatic carbocycles. The van der Waals surface area contributed by atoms with Gasteiger partial charge in [0.1, 0.15) is 11.4 Å². The Hall–Kier alpha value is -1.62. The van der Waals surface area contributed by atoms with Crippen LogP contribution in [0, 0.1) is 0 Å². The molecule has 1 fully saturated rings. The van der Waals surface area contributed by atoms with Crippen LogP contribution in [0.5, 0.6) is 0 Å². The Morgan fingerprint density at radius 3 is 2.90 bits per heavy atom. The van der Waals surface area contributed by atoms with E-state index < -0.39 is 0 Å². The summed E-state index contributed by atoms with van der Waals surface area (Å²) >= 11 is 0. The predicted molar refractivity (Wildman–Crippen MR) is 79.0 cm³/mol. The SMILES string of the molecule is CCCN1CCC(Nc2ncccc2C(=O)OC)CC1. The summed E-state index contributed by atoms with van der Waals surface area (Å²) in [5, 5.41) is 3.39. The molecule has 2 rings (SSSR count). The maximum atomic E-state index is 11.7. The molecule has 0 unspecified atom stereocenters. The van der Waals surface area contributed by atoms with Gasteiger partial charge in [-0.25, -0.2) is 9.78 Å². The number of esters is 1. The Kier molecular flexibility index (Phi) is 5.35. The molecule has 0 bridgehead atoms. The molecule has 0 atom stereocenters. The maximum Gasteiger partial charge on any atom is 0.341 e. The highest BCUT2D eigenvalue weighted by Crippen LogP contribution is 2.19. The molecular formula is C15H23N3O2. The van der Waals surface area contributed by atoms with Gasteiger partial charge in [-0.1, -0.05) is 6.92 Å². The van der Waals surface area contributed by atoms with Crippen molar-refractivity contribution >= 4 is 11.8 Å². The minimum atomic E-state index is -0.344. The van der Waals surface area contributed by atoms with Crippen molar-refractivity contribution in [2.45, 2.75) is 32.2 Å². The van der Waals surface area contributed by atoms with Crippen LogP contribution in [0.1, 0.15) is 36.5 Å². The van der Waals surface area contributed by atoms with E-state index in [0.717, 1.165) is 25.9 Å².